The van der Waals surface area contributed by atoms with E-state index in [1.54, 1.807) is 14.2 Å². The van der Waals surface area contributed by atoms with Crippen LogP contribution in [0.5, 0.6) is 0 Å². The van der Waals surface area contributed by atoms with Crippen LogP contribution in [0.2, 0.25) is 0 Å². The fourth-order valence-corrected chi connectivity index (χ4v) is 3.27. The highest BCUT2D eigenvalue weighted by atomic mass is 16.7. The van der Waals surface area contributed by atoms with Crippen molar-refractivity contribution >= 4 is 0 Å². The van der Waals surface area contributed by atoms with Gasteiger partial charge in [0.15, 0.2) is 5.79 Å². The molecule has 0 saturated heterocycles. The smallest absolute Gasteiger partial charge is 0.180 e. The summed E-state index contributed by atoms with van der Waals surface area (Å²) < 4.78 is 11.0. The van der Waals surface area contributed by atoms with Gasteiger partial charge in [-0.05, 0) is 11.8 Å². The number of aliphatic hydroxyl groups excluding tert-OH is 2. The molecule has 2 bridgehead atoms. The van der Waals surface area contributed by atoms with E-state index in [1.165, 1.54) is 0 Å². The fraction of sp³-hybridized carbons (Fsp3) is 0.818. The van der Waals surface area contributed by atoms with Gasteiger partial charge in [-0.2, -0.15) is 0 Å². The molecule has 0 unspecified atom stereocenters. The van der Waals surface area contributed by atoms with Crippen LogP contribution in [0.3, 0.4) is 0 Å². The zero-order chi connectivity index (χ0) is 11.1. The van der Waals surface area contributed by atoms with E-state index in [1.807, 2.05) is 12.2 Å². The van der Waals surface area contributed by atoms with Crippen molar-refractivity contribution in [3.63, 3.8) is 0 Å². The Morgan fingerprint density at radius 1 is 1.00 bits per heavy atom. The lowest BCUT2D eigenvalue weighted by molar-refractivity contribution is -0.235. The third kappa shape index (κ3) is 1.22. The molecule has 0 aliphatic heterocycles. The normalized spacial score (nSPS) is 41.3. The van der Waals surface area contributed by atoms with E-state index in [9.17, 15) is 10.2 Å². The first-order chi connectivity index (χ1) is 7.25. The van der Waals surface area contributed by atoms with Gasteiger partial charge in [-0.3, -0.25) is 0 Å². The van der Waals surface area contributed by atoms with Crippen molar-refractivity contribution in [2.45, 2.75) is 5.79 Å². The molecule has 2 aliphatic rings. The Bertz CT molecular complexity index is 237. The van der Waals surface area contributed by atoms with Gasteiger partial charge in [-0.25, -0.2) is 0 Å². The van der Waals surface area contributed by atoms with Crippen LogP contribution in [-0.2, 0) is 9.47 Å². The first kappa shape index (κ1) is 11.1. The van der Waals surface area contributed by atoms with E-state index in [0.717, 1.165) is 0 Å². The minimum atomic E-state index is -0.680. The number of ether oxygens (including phenoxy) is 2. The summed E-state index contributed by atoms with van der Waals surface area (Å²) in [5.74, 6) is -0.532. The molecular formula is C11H18O4. The monoisotopic (exact) mass is 214 g/mol. The second-order valence-corrected chi connectivity index (χ2v) is 4.26. The molecular weight excluding hydrogens is 196 g/mol. The van der Waals surface area contributed by atoms with Crippen molar-refractivity contribution in [2.24, 2.45) is 23.7 Å². The van der Waals surface area contributed by atoms with Gasteiger partial charge in [0.1, 0.15) is 0 Å². The van der Waals surface area contributed by atoms with Crippen LogP contribution in [0.4, 0.5) is 0 Å². The zero-order valence-electron chi connectivity index (χ0n) is 9.09. The van der Waals surface area contributed by atoms with Crippen molar-refractivity contribution in [3.8, 4) is 0 Å². The molecule has 0 aromatic heterocycles. The molecule has 4 heteroatoms. The molecule has 4 atom stereocenters. The quantitative estimate of drug-likeness (QED) is 0.511. The predicted molar refractivity (Wildman–Crippen MR) is 54.0 cm³/mol. The highest BCUT2D eigenvalue weighted by molar-refractivity contribution is 5.22. The zero-order valence-corrected chi connectivity index (χ0v) is 9.09. The number of methoxy groups -OCH3 is 2. The first-order valence-corrected chi connectivity index (χ1v) is 5.25. The average molecular weight is 214 g/mol. The third-order valence-corrected chi connectivity index (χ3v) is 3.99. The summed E-state index contributed by atoms with van der Waals surface area (Å²) in [5.41, 5.74) is 0. The van der Waals surface area contributed by atoms with Gasteiger partial charge in [-0.15, -0.1) is 0 Å². The Labute approximate surface area is 89.5 Å². The van der Waals surface area contributed by atoms with Gasteiger partial charge in [0.2, 0.25) is 0 Å². The standard InChI is InChI=1S/C11H18O4/c1-14-11(15-2)9-3-4-10(11)8(6-13)7(9)5-12/h3-4,7-10,12-13H,5-6H2,1-2H3/t7-,8-,9-,10+/m1/s1. The maximum absolute atomic E-state index is 9.36. The Hall–Kier alpha value is -0.420. The van der Waals surface area contributed by atoms with Crippen LogP contribution in [0, 0.1) is 23.7 Å². The predicted octanol–water partition coefficient (Wildman–Crippen LogP) is 0.00830. The van der Waals surface area contributed by atoms with E-state index in [0.29, 0.717) is 0 Å². The van der Waals surface area contributed by atoms with Crippen LogP contribution >= 0.6 is 0 Å². The Morgan fingerprint density at radius 2 is 1.40 bits per heavy atom. The maximum atomic E-state index is 9.36. The molecule has 15 heavy (non-hydrogen) atoms. The Kier molecular flexibility index (Phi) is 2.85. The summed E-state index contributed by atoms with van der Waals surface area (Å²) >= 11 is 0. The number of rotatable bonds is 4. The molecule has 86 valence electrons. The van der Waals surface area contributed by atoms with Gasteiger partial charge in [0, 0.05) is 39.3 Å². The van der Waals surface area contributed by atoms with E-state index in [4.69, 9.17) is 9.47 Å². The van der Waals surface area contributed by atoms with Crippen LogP contribution in [0.15, 0.2) is 12.2 Å². The van der Waals surface area contributed by atoms with Crippen LogP contribution in [0.25, 0.3) is 0 Å². The van der Waals surface area contributed by atoms with Gasteiger partial charge in [0.05, 0.1) is 0 Å². The number of fused-ring (bicyclic) bond motifs is 2. The van der Waals surface area contributed by atoms with E-state index in [2.05, 4.69) is 0 Å². The molecule has 0 heterocycles. The highest BCUT2D eigenvalue weighted by Crippen LogP contribution is 2.56. The molecule has 1 saturated carbocycles. The van der Waals surface area contributed by atoms with Crippen LogP contribution in [0.1, 0.15) is 0 Å². The molecule has 2 rings (SSSR count). The minimum absolute atomic E-state index is 0.0323. The molecule has 2 N–H and O–H groups in total. The topological polar surface area (TPSA) is 58.9 Å². The fourth-order valence-electron chi connectivity index (χ4n) is 3.27. The highest BCUT2D eigenvalue weighted by Gasteiger charge is 2.62. The molecule has 1 fully saturated rings. The van der Waals surface area contributed by atoms with Gasteiger partial charge in [0.25, 0.3) is 0 Å². The van der Waals surface area contributed by atoms with Gasteiger partial charge in [-0.1, -0.05) is 12.2 Å². The summed E-state index contributed by atoms with van der Waals surface area (Å²) in [6.07, 6.45) is 4.06. The lowest BCUT2D eigenvalue weighted by Gasteiger charge is -2.32. The lowest BCUT2D eigenvalue weighted by atomic mass is 9.84. The first-order valence-electron chi connectivity index (χ1n) is 5.25. The summed E-state index contributed by atoms with van der Waals surface area (Å²) in [6.45, 7) is 0.121. The Morgan fingerprint density at radius 3 is 1.67 bits per heavy atom. The van der Waals surface area contributed by atoms with Crippen molar-refractivity contribution in [1.82, 2.24) is 0 Å². The van der Waals surface area contributed by atoms with Crippen molar-refractivity contribution in [1.29, 1.82) is 0 Å². The summed E-state index contributed by atoms with van der Waals surface area (Å²) in [6, 6.07) is 0. The van der Waals surface area contributed by atoms with Gasteiger partial charge >= 0.3 is 0 Å². The molecule has 0 radical (unpaired) electrons. The average Bonchev–Trinajstić information content (AvgIpc) is 2.78. The SMILES string of the molecule is COC1(OC)[C@@H]2C=C[C@H]1[C@H](CO)[C@H]2CO. The summed E-state index contributed by atoms with van der Waals surface area (Å²) in [5, 5.41) is 18.7. The maximum Gasteiger partial charge on any atom is 0.180 e. The van der Waals surface area contributed by atoms with Gasteiger partial charge < -0.3 is 19.7 Å². The van der Waals surface area contributed by atoms with Crippen molar-refractivity contribution in [2.75, 3.05) is 27.4 Å². The Balaban J connectivity index is 2.34. The second-order valence-electron chi connectivity index (χ2n) is 4.26. The number of hydrogen-bond acceptors (Lipinski definition) is 4. The number of aliphatic hydroxyl groups is 2. The second kappa shape index (κ2) is 3.87. The van der Waals surface area contributed by atoms with Crippen LogP contribution in [-0.4, -0.2) is 43.4 Å². The van der Waals surface area contributed by atoms with E-state index >= 15 is 0 Å². The largest absolute Gasteiger partial charge is 0.396 e. The summed E-state index contributed by atoms with van der Waals surface area (Å²) in [7, 11) is 3.23. The third-order valence-electron chi connectivity index (χ3n) is 3.99. The molecule has 0 spiro atoms. The van der Waals surface area contributed by atoms with Crippen molar-refractivity contribution in [3.05, 3.63) is 12.2 Å². The molecule has 0 amide bonds. The van der Waals surface area contributed by atoms with E-state index in [-0.39, 0.29) is 36.9 Å². The summed E-state index contributed by atoms with van der Waals surface area (Å²) in [4.78, 5) is 0. The molecule has 0 aromatic rings. The molecule has 4 nitrogen and oxygen atoms in total. The van der Waals surface area contributed by atoms with Crippen molar-refractivity contribution < 1.29 is 19.7 Å². The minimum Gasteiger partial charge on any atom is -0.396 e. The van der Waals surface area contributed by atoms with E-state index < -0.39 is 5.79 Å². The number of hydrogen-bond donors (Lipinski definition) is 2. The lowest BCUT2D eigenvalue weighted by Crippen LogP contribution is -2.41. The molecule has 0 aromatic carbocycles. The molecule has 2 aliphatic carbocycles. The van der Waals surface area contributed by atoms with Crippen LogP contribution < -0.4 is 0 Å².